The first-order chi connectivity index (χ1) is 64.0. The molecule has 7 N–H and O–H groups in total. The van der Waals surface area contributed by atoms with Gasteiger partial charge in [0, 0.05) is 97.9 Å². The summed E-state index contributed by atoms with van der Waals surface area (Å²) in [7, 11) is 6.14. The number of anilines is 1. The normalized spacial score (nSPS) is 10.4. The van der Waals surface area contributed by atoms with Crippen LogP contribution in [0.1, 0.15) is 62.1 Å². The van der Waals surface area contributed by atoms with E-state index >= 15 is 0 Å². The number of nitro groups is 11. The van der Waals surface area contributed by atoms with E-state index in [-0.39, 0.29) is 93.1 Å². The van der Waals surface area contributed by atoms with Gasteiger partial charge in [0.1, 0.15) is 5.02 Å². The Morgan fingerprint density at radius 1 is 0.333 bits per heavy atom. The summed E-state index contributed by atoms with van der Waals surface area (Å²) >= 11 is 14.5. The van der Waals surface area contributed by atoms with Crippen molar-refractivity contribution in [1.29, 1.82) is 0 Å². The first-order valence-corrected chi connectivity index (χ1v) is 41.6. The molecule has 46 nitrogen and oxygen atoms in total. The Labute approximate surface area is 788 Å². The van der Waals surface area contributed by atoms with E-state index in [0.717, 1.165) is 107 Å². The molecule has 12 aromatic carbocycles. The fourth-order valence-electron chi connectivity index (χ4n) is 10.6. The molecule has 694 valence electrons. The average molecular weight is 1980 g/mol. The molecule has 53 heteroatoms. The van der Waals surface area contributed by atoms with Crippen LogP contribution in [0, 0.1) is 111 Å². The minimum absolute atomic E-state index is 0.000140. The number of thiol groups is 1. The van der Waals surface area contributed by atoms with Gasteiger partial charge in [0.15, 0.2) is 0 Å². The van der Waals surface area contributed by atoms with Crippen LogP contribution in [0.3, 0.4) is 0 Å². The molecule has 0 spiro atoms. The van der Waals surface area contributed by atoms with E-state index in [1.807, 2.05) is 18.2 Å². The third kappa shape index (κ3) is 30.1. The summed E-state index contributed by atoms with van der Waals surface area (Å²) in [4.78, 5) is 186. The van der Waals surface area contributed by atoms with Gasteiger partial charge in [0.25, 0.3) is 80.3 Å². The standard InChI is InChI=1S/2C14H11N3O5S.C14H10N2O3S.2C13H8N2O6S.C7H6O2S.C6H3ClN2O4.CH5N/c2*1-15-14(18)10-4-2-3-5-12(10)23-13-7-6-9(16(19)20)8-11(13)17(21)22;1-15-11-7-6-9(16(18)19)8-13(11)20-12-5-3-2-4-10(12)14(15)17;2*16-13(17)9-3-1-2-4-11(9)22-12-6-5-8(14(18)19)7-10(12)15(20)21;8-7(9)5-3-1-2-4-6(5)10;7-5-2-1-4(8(10)11)3-6(5)9(12)13;1-2/h2*2-8H,1H3,(H,15,18);2-8H,1H3;2*1-7H,(H,16,17);1-4,10H,(H,8,9);1-3H;2H2,1H3. The van der Waals surface area contributed by atoms with Crippen molar-refractivity contribution in [1.82, 2.24) is 10.6 Å². The van der Waals surface area contributed by atoms with Crippen molar-refractivity contribution in [2.75, 3.05) is 33.1 Å². The predicted octanol–water partition coefficient (Wildman–Crippen LogP) is 19.5. The van der Waals surface area contributed by atoms with Gasteiger partial charge in [-0.05, 0) is 116 Å². The summed E-state index contributed by atoms with van der Waals surface area (Å²) < 4.78 is 0. The highest BCUT2D eigenvalue weighted by Gasteiger charge is 2.30. The van der Waals surface area contributed by atoms with Crippen LogP contribution in [0.4, 0.5) is 68.2 Å². The van der Waals surface area contributed by atoms with E-state index in [9.17, 15) is 140 Å². The van der Waals surface area contributed by atoms with Crippen molar-refractivity contribution in [3.8, 4) is 0 Å². The number of nitrogens with zero attached hydrogens (tertiary/aromatic N) is 12. The van der Waals surface area contributed by atoms with E-state index in [0.29, 0.717) is 51.8 Å². The van der Waals surface area contributed by atoms with Crippen LogP contribution in [0.2, 0.25) is 5.02 Å². The summed E-state index contributed by atoms with van der Waals surface area (Å²) in [6, 6.07) is 60.0. The van der Waals surface area contributed by atoms with Gasteiger partial charge in [0.2, 0.25) is 0 Å². The van der Waals surface area contributed by atoms with Crippen LogP contribution in [-0.4, -0.2) is 133 Å². The number of halogens is 1. The summed E-state index contributed by atoms with van der Waals surface area (Å²) in [5, 5.41) is 150. The Balaban J connectivity index is 0.000000244. The Morgan fingerprint density at radius 3 is 0.889 bits per heavy atom. The van der Waals surface area contributed by atoms with Crippen molar-refractivity contribution in [2.24, 2.45) is 5.73 Å². The van der Waals surface area contributed by atoms with Crippen LogP contribution >= 0.6 is 83.0 Å². The van der Waals surface area contributed by atoms with Crippen LogP contribution < -0.4 is 21.3 Å². The molecule has 0 saturated heterocycles. The lowest BCUT2D eigenvalue weighted by Crippen LogP contribution is -2.25. The van der Waals surface area contributed by atoms with Crippen molar-refractivity contribution < 1.29 is 98.2 Å². The summed E-state index contributed by atoms with van der Waals surface area (Å²) in [6.07, 6.45) is 0. The zero-order valence-electron chi connectivity index (χ0n) is 68.8. The summed E-state index contributed by atoms with van der Waals surface area (Å²) in [5.41, 5.74) is 2.81. The lowest BCUT2D eigenvalue weighted by atomic mass is 10.2. The molecule has 0 unspecified atom stereocenters. The first-order valence-electron chi connectivity index (χ1n) is 36.7. The lowest BCUT2D eigenvalue weighted by molar-refractivity contribution is -0.396. The molecule has 0 fully saturated rings. The van der Waals surface area contributed by atoms with Gasteiger partial charge in [-0.1, -0.05) is 143 Å². The highest BCUT2D eigenvalue weighted by Crippen LogP contribution is 2.45. The fourth-order valence-corrected chi connectivity index (χ4v) is 16.3. The highest BCUT2D eigenvalue weighted by atomic mass is 35.5. The lowest BCUT2D eigenvalue weighted by Gasteiger charge is -2.16. The molecule has 0 bridgehead atoms. The summed E-state index contributed by atoms with van der Waals surface area (Å²) in [6.45, 7) is 0. The molecule has 0 saturated carbocycles. The molecular weight excluding hydrogens is 1920 g/mol. The maximum absolute atomic E-state index is 12.4. The van der Waals surface area contributed by atoms with Crippen molar-refractivity contribution in [3.63, 3.8) is 0 Å². The van der Waals surface area contributed by atoms with Gasteiger partial charge in [-0.25, -0.2) is 14.4 Å². The van der Waals surface area contributed by atoms with Gasteiger partial charge in [-0.3, -0.25) is 126 Å². The molecule has 1 heterocycles. The zero-order valence-corrected chi connectivity index (χ0v) is 74.6. The number of amides is 3. The van der Waals surface area contributed by atoms with Crippen LogP contribution in [-0.2, 0) is 0 Å². The van der Waals surface area contributed by atoms with E-state index < -0.39 is 101 Å². The second-order valence-corrected chi connectivity index (χ2v) is 31.5. The molecule has 0 radical (unpaired) electrons. The van der Waals surface area contributed by atoms with E-state index in [4.69, 9.17) is 26.9 Å². The number of hydrogen-bond acceptors (Lipinski definition) is 35. The van der Waals surface area contributed by atoms with Crippen molar-refractivity contribution in [2.45, 2.75) is 53.9 Å². The molecule has 3 amide bonds. The zero-order chi connectivity index (χ0) is 100. The predicted molar refractivity (Wildman–Crippen MR) is 494 cm³/mol. The Morgan fingerprint density at radius 2 is 0.593 bits per heavy atom. The van der Waals surface area contributed by atoms with Gasteiger partial charge in [-0.15, -0.1) is 12.6 Å². The molecule has 1 aliphatic heterocycles. The van der Waals surface area contributed by atoms with Gasteiger partial charge in [0.05, 0.1) is 143 Å². The van der Waals surface area contributed by atoms with Crippen LogP contribution in [0.25, 0.3) is 0 Å². The number of aromatic carboxylic acids is 3. The fraction of sp³-hybridized carbons (Fsp3) is 0.0488. The number of nitro benzene ring substituents is 11. The van der Waals surface area contributed by atoms with E-state index in [2.05, 4.69) is 29.0 Å². The molecule has 0 atom stereocenters. The number of carboxylic acid groups (broad SMARTS) is 3. The number of nitrogens with two attached hydrogens (primary N) is 1. The Kier molecular flexibility index (Phi) is 40.4. The molecule has 135 heavy (non-hydrogen) atoms. The number of non-ortho nitro benzene ring substituents is 6. The van der Waals surface area contributed by atoms with E-state index in [1.54, 1.807) is 98.0 Å². The van der Waals surface area contributed by atoms with Gasteiger partial charge >= 0.3 is 17.9 Å². The van der Waals surface area contributed by atoms with Crippen molar-refractivity contribution >= 4 is 187 Å². The number of benzene rings is 12. The number of fused-ring (bicyclic) bond motifs is 2. The number of nitrogens with one attached hydrogen (secondary N) is 2. The smallest absolute Gasteiger partial charge is 0.336 e. The second-order valence-electron chi connectivity index (χ2n) is 25.2. The van der Waals surface area contributed by atoms with Crippen LogP contribution in [0.15, 0.2) is 309 Å². The average Bonchev–Trinajstić information content (AvgIpc) is 1.66. The Hall–Kier alpha value is -16.8. The minimum atomic E-state index is -1.16. The number of carbonyl (C=O) groups is 6. The third-order valence-corrected chi connectivity index (χ3v) is 23.3. The van der Waals surface area contributed by atoms with Gasteiger partial charge < -0.3 is 36.6 Å². The maximum Gasteiger partial charge on any atom is 0.336 e. The highest BCUT2D eigenvalue weighted by molar-refractivity contribution is 8.00. The first kappa shape index (κ1) is 107. The van der Waals surface area contributed by atoms with E-state index in [1.165, 1.54) is 129 Å². The maximum atomic E-state index is 12.4. The molecule has 0 aromatic heterocycles. The summed E-state index contributed by atoms with van der Waals surface area (Å²) in [5.74, 6) is -4.01. The quantitative estimate of drug-likeness (QED) is 0.0168. The van der Waals surface area contributed by atoms with Crippen molar-refractivity contribution in [3.05, 3.63) is 404 Å². The van der Waals surface area contributed by atoms with Gasteiger partial charge in [-0.2, -0.15) is 0 Å². The monoisotopic (exact) mass is 1980 g/mol. The molecule has 1 aliphatic rings. The minimum Gasteiger partial charge on any atom is -0.478 e. The number of carboxylic acids is 3. The SMILES string of the molecule is CN.CN1C(=O)c2ccccc2Sc2cc([N+](=O)[O-])ccc21.CNC(=O)c1ccccc1Sc1ccc([N+](=O)[O-])cc1[N+](=O)[O-].CNC(=O)c1ccccc1Sc1ccc([N+](=O)[O-])cc1[N+](=O)[O-].O=C(O)c1ccccc1S.O=C(O)c1ccccc1Sc1ccc([N+](=O)[O-])cc1[N+](=O)[O-].O=C(O)c1ccccc1Sc1ccc([N+](=O)[O-])cc1[N+](=O)[O-].O=[N+]([O-])c1ccc(Cl)c([N+](=O)[O-])c1. The molecular formula is C82H62ClN15O31S6. The van der Waals surface area contributed by atoms with Crippen LogP contribution in [0.5, 0.6) is 0 Å². The Bertz CT molecular complexity index is 6400. The number of carbonyl (C=O) groups excluding carboxylic acids is 3. The number of rotatable bonds is 24. The largest absolute Gasteiger partial charge is 0.478 e. The topological polar surface area (TPSA) is 691 Å². The molecule has 12 aromatic rings. The molecule has 13 rings (SSSR count). The third-order valence-electron chi connectivity index (χ3n) is 16.9. The second kappa shape index (κ2) is 51.0. The number of hydrogen-bond donors (Lipinski definition) is 7. The molecule has 0 aliphatic carbocycles.